The first kappa shape index (κ1) is 72.2. The predicted molar refractivity (Wildman–Crippen MR) is 420 cm³/mol. The highest BCUT2D eigenvalue weighted by Crippen LogP contribution is 2.38. The molecule has 0 atom stereocenters. The Morgan fingerprint density at radius 1 is 0.472 bits per heavy atom. The molecule has 5 N–H and O–H groups in total. The van der Waals surface area contributed by atoms with Gasteiger partial charge in [0.15, 0.2) is 46.5 Å². The van der Waals surface area contributed by atoms with E-state index in [2.05, 4.69) is 141 Å². The van der Waals surface area contributed by atoms with Crippen LogP contribution in [0.3, 0.4) is 0 Å². The second kappa shape index (κ2) is 32.7. The molecule has 1 aliphatic rings. The number of anilines is 4. The molecule has 0 spiro atoms. The van der Waals surface area contributed by atoms with Crippen molar-refractivity contribution < 1.29 is 28.5 Å². The lowest BCUT2D eigenvalue weighted by Gasteiger charge is -2.12. The Hall–Kier alpha value is -10.7. The highest BCUT2D eigenvalue weighted by atomic mass is 79.9. The number of nitrogens with zero attached hydrogens (tertiary/aromatic N) is 16. The van der Waals surface area contributed by atoms with Crippen LogP contribution >= 0.6 is 103 Å². The van der Waals surface area contributed by atoms with Crippen molar-refractivity contribution in [2.45, 2.75) is 33.1 Å². The van der Waals surface area contributed by atoms with Crippen molar-refractivity contribution in [3.05, 3.63) is 297 Å². The Balaban J connectivity index is 0.000000119. The van der Waals surface area contributed by atoms with Crippen LogP contribution in [-0.2, 0) is 26.2 Å². The van der Waals surface area contributed by atoms with Gasteiger partial charge in [-0.25, -0.2) is 24.3 Å². The van der Waals surface area contributed by atoms with Crippen LogP contribution in [0, 0.1) is 17.9 Å². The number of pyridine rings is 4. The smallest absolute Gasteiger partial charge is 0.231 e. The van der Waals surface area contributed by atoms with Crippen molar-refractivity contribution >= 4 is 149 Å². The average Bonchev–Trinajstić information content (AvgIpc) is 1.60. The second-order valence-corrected chi connectivity index (χ2v) is 28.5. The Morgan fingerprint density at radius 3 is 1.45 bits per heavy atom. The molecule has 1 aliphatic heterocycles. The topological polar surface area (TPSA) is 264 Å². The van der Waals surface area contributed by atoms with Crippen LogP contribution in [0.25, 0.3) is 67.6 Å². The zero-order chi connectivity index (χ0) is 73.4. The maximum Gasteiger partial charge on any atom is 0.231 e. The van der Waals surface area contributed by atoms with Crippen molar-refractivity contribution in [1.29, 1.82) is 0 Å². The van der Waals surface area contributed by atoms with Gasteiger partial charge in [-0.3, -0.25) is 15.2 Å². The summed E-state index contributed by atoms with van der Waals surface area (Å²) in [4.78, 5) is 27.0. The number of benzene rings is 4. The molecule has 12 aromatic heterocycles. The standard InChI is InChI=1S/C19H16BrFN5O.C19H14BrN5O2.C18H13Br2N5O.C18H12BrCl2N5/c1-12-6-7-13(11-25(12)27)9-22-18-8-17(14-4-2-3-5-16(14)21)24-19-15(20)10-23-26(18)19;20-14-10-23-25-18(22-9-12-2-1-5-21-8-12)7-15(24-19(14)25)13-3-4-16-17(6-13)27-11-26-16;19-14-6-2-1-5-13(14)16-8-17(25-18(23-16)15(20)10-22-25)21-9-12-4-3-7-24(26)11-12;19-14-10-24-26-17(23-9-11-2-1-5-22-8-11)7-16(25-18(14)26)13-4-3-12(20)6-15(13)21/h2-8,10-11,22,27H,9H2,1H3;1-8,10,22H,9,11H2;1-8,10-11,21H,9H2;1-8,10,23H,9H2/q+1;;;. The van der Waals surface area contributed by atoms with Gasteiger partial charge in [0.25, 0.3) is 0 Å². The van der Waals surface area contributed by atoms with E-state index in [1.165, 1.54) is 12.3 Å². The fourth-order valence-electron chi connectivity index (χ4n) is 11.0. The molecular formula is C74H55Br5Cl2FN20O4+. The van der Waals surface area contributed by atoms with Crippen molar-refractivity contribution in [2.24, 2.45) is 0 Å². The van der Waals surface area contributed by atoms with Gasteiger partial charge in [0.1, 0.15) is 29.1 Å². The molecule has 0 amide bonds. The first-order valence-electron chi connectivity index (χ1n) is 32.2. The molecule has 0 radical (unpaired) electrons. The summed E-state index contributed by atoms with van der Waals surface area (Å²) >= 11 is 29.9. The molecule has 530 valence electrons. The van der Waals surface area contributed by atoms with Crippen LogP contribution in [-0.4, -0.2) is 80.4 Å². The summed E-state index contributed by atoms with van der Waals surface area (Å²) in [6.07, 6.45) is 18.6. The molecule has 0 saturated carbocycles. The minimum atomic E-state index is -0.337. The van der Waals surface area contributed by atoms with Crippen LogP contribution < -0.4 is 40.2 Å². The van der Waals surface area contributed by atoms with E-state index in [0.29, 0.717) is 74.7 Å². The van der Waals surface area contributed by atoms with Crippen LogP contribution in [0.2, 0.25) is 10.0 Å². The first-order chi connectivity index (χ1) is 51.5. The Kier molecular flexibility index (Phi) is 22.3. The van der Waals surface area contributed by atoms with E-state index in [1.54, 1.807) is 110 Å². The van der Waals surface area contributed by atoms with Crippen molar-refractivity contribution in [1.82, 2.24) is 68.4 Å². The van der Waals surface area contributed by atoms with Crippen LogP contribution in [0.15, 0.2) is 248 Å². The number of aryl methyl sites for hydroxylation is 1. The summed E-state index contributed by atoms with van der Waals surface area (Å²) in [6.45, 7) is 4.25. The van der Waals surface area contributed by atoms with E-state index in [4.69, 9.17) is 42.6 Å². The van der Waals surface area contributed by atoms with Gasteiger partial charge in [-0.2, -0.15) is 43.2 Å². The summed E-state index contributed by atoms with van der Waals surface area (Å²) in [5.41, 5.74) is 13.4. The molecule has 17 rings (SSSR count). The van der Waals surface area contributed by atoms with Gasteiger partial charge >= 0.3 is 0 Å². The molecule has 4 aromatic carbocycles. The van der Waals surface area contributed by atoms with Gasteiger partial charge in [-0.1, -0.05) is 81.6 Å². The lowest BCUT2D eigenvalue weighted by Crippen LogP contribution is -2.33. The van der Waals surface area contributed by atoms with E-state index in [0.717, 1.165) is 124 Å². The SMILES string of the molecule is Brc1cnn2c(NCc3cccnc3)cc(-c3ccc4c(c3)OCO4)nc12.Cc1ccc(CNc2cc(-c3ccccc3F)nc3c(Br)cnn23)c[n+]1O.Clc1ccc(-c2cc(NCc3cccnc3)n3ncc(Br)c3n2)c(Cl)c1.[O-][n+]1cccc(CNc2cc(-c3ccccc3Br)nc3c(Br)cnn23)c1. The van der Waals surface area contributed by atoms with Crippen molar-refractivity contribution in [2.75, 3.05) is 28.1 Å². The van der Waals surface area contributed by atoms with E-state index in [-0.39, 0.29) is 12.6 Å². The molecule has 0 saturated heterocycles. The summed E-state index contributed by atoms with van der Waals surface area (Å²) in [7, 11) is 0. The van der Waals surface area contributed by atoms with E-state index in [1.807, 2.05) is 129 Å². The molecule has 16 aromatic rings. The number of halogens is 8. The minimum absolute atomic E-state index is 0.247. The first-order valence-corrected chi connectivity index (χ1v) is 36.9. The van der Waals surface area contributed by atoms with Crippen LogP contribution in [0.4, 0.5) is 27.7 Å². The monoisotopic (exact) mass is 1770 g/mol. The van der Waals surface area contributed by atoms with Gasteiger partial charge in [-0.15, -0.1) is 0 Å². The largest absolute Gasteiger partial charge is 0.619 e. The Labute approximate surface area is 655 Å². The second-order valence-electron chi connectivity index (χ2n) is 23.4. The number of rotatable bonds is 16. The lowest BCUT2D eigenvalue weighted by atomic mass is 10.1. The lowest BCUT2D eigenvalue weighted by molar-refractivity contribution is -0.909. The molecule has 106 heavy (non-hydrogen) atoms. The fraction of sp³-hybridized carbons (Fsp3) is 0.0811. The van der Waals surface area contributed by atoms with Gasteiger partial charge in [0.05, 0.1) is 70.5 Å². The normalized spacial score (nSPS) is 11.4. The minimum Gasteiger partial charge on any atom is -0.619 e. The highest BCUT2D eigenvalue weighted by molar-refractivity contribution is 9.11. The third kappa shape index (κ3) is 16.7. The number of fused-ring (bicyclic) bond motifs is 5. The predicted octanol–water partition coefficient (Wildman–Crippen LogP) is 17.3. The number of ether oxygens (including phenoxy) is 2. The summed E-state index contributed by atoms with van der Waals surface area (Å²) in [5, 5.41) is 53.3. The zero-order valence-corrected chi connectivity index (χ0v) is 64.7. The summed E-state index contributed by atoms with van der Waals surface area (Å²) in [6, 6.07) is 48.4. The molecular weight excluding hydrogens is 1720 g/mol. The third-order valence-corrected chi connectivity index (χ3v) is 19.7. The number of nitrogens with one attached hydrogen (secondary N) is 4. The molecule has 0 aliphatic carbocycles. The van der Waals surface area contributed by atoms with Crippen LogP contribution in [0.5, 0.6) is 11.5 Å². The Morgan fingerprint density at radius 2 is 0.943 bits per heavy atom. The summed E-state index contributed by atoms with van der Waals surface area (Å²) in [5.74, 6) is 4.22. The van der Waals surface area contributed by atoms with Gasteiger partial charge in [0.2, 0.25) is 18.7 Å². The highest BCUT2D eigenvalue weighted by Gasteiger charge is 2.21. The zero-order valence-electron chi connectivity index (χ0n) is 55.2. The molecule has 32 heteroatoms. The number of aromatic nitrogens is 16. The average molecular weight is 1780 g/mol. The van der Waals surface area contributed by atoms with Crippen molar-refractivity contribution in [3.63, 3.8) is 0 Å². The maximum absolute atomic E-state index is 14.2. The number of hydrogen-bond acceptors (Lipinski definition) is 18. The van der Waals surface area contributed by atoms with E-state index in [9.17, 15) is 14.8 Å². The fourth-order valence-corrected chi connectivity index (χ4v) is 13.4. The molecule has 24 nitrogen and oxygen atoms in total. The summed E-state index contributed by atoms with van der Waals surface area (Å²) < 4.78 is 38.0. The molecule has 0 unspecified atom stereocenters. The molecule has 13 heterocycles. The number of hydrogen-bond donors (Lipinski definition) is 5. The van der Waals surface area contributed by atoms with E-state index < -0.39 is 0 Å². The van der Waals surface area contributed by atoms with Crippen LogP contribution in [0.1, 0.15) is 27.9 Å². The van der Waals surface area contributed by atoms with Crippen molar-refractivity contribution in [3.8, 4) is 56.5 Å². The maximum atomic E-state index is 14.2. The Bertz CT molecular complexity index is 5880. The quantitative estimate of drug-likeness (QED) is 0.0342. The van der Waals surface area contributed by atoms with Gasteiger partial charge in [-0.05, 0) is 154 Å². The third-order valence-electron chi connectivity index (χ3n) is 16.3. The molecule has 0 bridgehead atoms. The van der Waals surface area contributed by atoms with Gasteiger partial charge in [0, 0.05) is 142 Å². The molecule has 0 fully saturated rings. The van der Waals surface area contributed by atoms with Gasteiger partial charge < -0.3 is 35.9 Å². The van der Waals surface area contributed by atoms with E-state index >= 15 is 0 Å².